The van der Waals surface area contributed by atoms with E-state index in [4.69, 9.17) is 16.3 Å². The molecule has 3 aromatic rings. The molecular formula is C23H23ClN2O3S2. The minimum atomic E-state index is -0.371. The summed E-state index contributed by atoms with van der Waals surface area (Å²) in [5, 5.41) is 7.78. The standard InChI is InChI=1S/C23H23ClN2O3S2/c1-13(11-29-3)25-23(28)22-18-10-20(15-6-7-30-12-15)31-21-9-16(24)4-5-17(21)26(18)14(2)8-19(22)27/h4-9,12-13,20H,10-11H2,1-3H3,(H,25,28)/t13-,20+/m0/s1. The molecule has 0 bridgehead atoms. The number of carbonyl (C=O) groups excluding carboxylic acids is 1. The Morgan fingerprint density at radius 3 is 2.87 bits per heavy atom. The fourth-order valence-electron chi connectivity index (χ4n) is 3.93. The lowest BCUT2D eigenvalue weighted by atomic mass is 10.0. The van der Waals surface area contributed by atoms with Crippen molar-refractivity contribution < 1.29 is 9.53 Å². The largest absolute Gasteiger partial charge is 0.383 e. The number of rotatable bonds is 5. The summed E-state index contributed by atoms with van der Waals surface area (Å²) in [6.07, 6.45) is 0.548. The molecule has 1 aromatic carbocycles. The van der Waals surface area contributed by atoms with Crippen molar-refractivity contribution in [2.45, 2.75) is 36.5 Å². The molecule has 0 saturated heterocycles. The van der Waals surface area contributed by atoms with Crippen LogP contribution in [0.15, 0.2) is 50.8 Å². The number of aryl methyl sites for hydroxylation is 1. The molecule has 162 valence electrons. The van der Waals surface area contributed by atoms with Gasteiger partial charge in [-0.25, -0.2) is 0 Å². The molecule has 4 rings (SSSR count). The SMILES string of the molecule is COC[C@H](C)NC(=O)c1c2n(c(C)cc1=O)-c1ccc(Cl)cc1S[C@@H](c1ccsc1)C2. The minimum absolute atomic E-state index is 0.0568. The Bertz CT molecular complexity index is 1170. The molecule has 0 saturated carbocycles. The first-order valence-electron chi connectivity index (χ1n) is 9.93. The number of benzene rings is 1. The van der Waals surface area contributed by atoms with Crippen molar-refractivity contribution in [3.8, 4) is 5.69 Å². The molecule has 31 heavy (non-hydrogen) atoms. The first-order valence-corrected chi connectivity index (χ1v) is 12.1. The number of carbonyl (C=O) groups is 1. The second kappa shape index (κ2) is 9.20. The molecule has 2 aromatic heterocycles. The van der Waals surface area contributed by atoms with E-state index in [2.05, 4.69) is 16.8 Å². The first kappa shape index (κ1) is 22.1. The van der Waals surface area contributed by atoms with Gasteiger partial charge in [0.05, 0.1) is 12.3 Å². The Hall–Kier alpha value is -2.06. The summed E-state index contributed by atoms with van der Waals surface area (Å²) in [6, 6.07) is 9.17. The highest BCUT2D eigenvalue weighted by Crippen LogP contribution is 2.45. The van der Waals surface area contributed by atoms with Gasteiger partial charge in [0, 0.05) is 52.2 Å². The average Bonchev–Trinajstić information content (AvgIpc) is 3.18. The molecular weight excluding hydrogens is 452 g/mol. The quantitative estimate of drug-likeness (QED) is 0.564. The summed E-state index contributed by atoms with van der Waals surface area (Å²) in [6.45, 7) is 4.12. The number of hydrogen-bond donors (Lipinski definition) is 1. The lowest BCUT2D eigenvalue weighted by molar-refractivity contribution is 0.0902. The third-order valence-corrected chi connectivity index (χ3v) is 7.49. The highest BCUT2D eigenvalue weighted by atomic mass is 35.5. The normalized spacial score (nSPS) is 16.2. The monoisotopic (exact) mass is 474 g/mol. The minimum Gasteiger partial charge on any atom is -0.383 e. The van der Waals surface area contributed by atoms with Gasteiger partial charge in [0.1, 0.15) is 5.56 Å². The van der Waals surface area contributed by atoms with Crippen molar-refractivity contribution in [1.82, 2.24) is 9.88 Å². The molecule has 8 heteroatoms. The molecule has 3 heterocycles. The van der Waals surface area contributed by atoms with Crippen LogP contribution in [-0.2, 0) is 11.2 Å². The molecule has 1 aliphatic rings. The van der Waals surface area contributed by atoms with Crippen molar-refractivity contribution in [1.29, 1.82) is 0 Å². The number of nitrogens with zero attached hydrogens (tertiary/aromatic N) is 1. The fraction of sp³-hybridized carbons (Fsp3) is 0.304. The number of thiophene rings is 1. The van der Waals surface area contributed by atoms with Crippen LogP contribution in [0.25, 0.3) is 5.69 Å². The fourth-order valence-corrected chi connectivity index (χ4v) is 6.28. The van der Waals surface area contributed by atoms with E-state index < -0.39 is 0 Å². The highest BCUT2D eigenvalue weighted by molar-refractivity contribution is 7.99. The van der Waals surface area contributed by atoms with Gasteiger partial charge in [-0.15, -0.1) is 11.8 Å². The van der Waals surface area contributed by atoms with Crippen LogP contribution in [0.3, 0.4) is 0 Å². The number of hydrogen-bond acceptors (Lipinski definition) is 5. The Balaban J connectivity index is 1.92. The van der Waals surface area contributed by atoms with E-state index in [9.17, 15) is 9.59 Å². The Morgan fingerprint density at radius 1 is 1.35 bits per heavy atom. The van der Waals surface area contributed by atoms with E-state index in [0.29, 0.717) is 18.1 Å². The Morgan fingerprint density at radius 2 is 2.16 bits per heavy atom. The van der Waals surface area contributed by atoms with Crippen LogP contribution in [0.4, 0.5) is 0 Å². The van der Waals surface area contributed by atoms with Crippen LogP contribution in [-0.4, -0.2) is 30.2 Å². The number of pyridine rings is 1. The topological polar surface area (TPSA) is 60.3 Å². The molecule has 0 unspecified atom stereocenters. The molecule has 5 nitrogen and oxygen atoms in total. The lowest BCUT2D eigenvalue weighted by Crippen LogP contribution is -2.39. The van der Waals surface area contributed by atoms with Gasteiger partial charge in [0.2, 0.25) is 0 Å². The zero-order valence-corrected chi connectivity index (χ0v) is 19.9. The van der Waals surface area contributed by atoms with Crippen LogP contribution < -0.4 is 10.7 Å². The number of nitrogens with one attached hydrogen (secondary N) is 1. The second-order valence-electron chi connectivity index (χ2n) is 7.62. The van der Waals surface area contributed by atoms with Gasteiger partial charge in [0.25, 0.3) is 5.91 Å². The van der Waals surface area contributed by atoms with Gasteiger partial charge in [0.15, 0.2) is 5.43 Å². The van der Waals surface area contributed by atoms with Crippen molar-refractivity contribution >= 4 is 40.6 Å². The van der Waals surface area contributed by atoms with Crippen LogP contribution in [0.1, 0.15) is 39.5 Å². The van der Waals surface area contributed by atoms with Crippen molar-refractivity contribution in [3.63, 3.8) is 0 Å². The van der Waals surface area contributed by atoms with E-state index in [1.54, 1.807) is 30.2 Å². The van der Waals surface area contributed by atoms with E-state index in [1.165, 1.54) is 11.6 Å². The van der Waals surface area contributed by atoms with Gasteiger partial charge in [-0.3, -0.25) is 9.59 Å². The van der Waals surface area contributed by atoms with Gasteiger partial charge in [-0.1, -0.05) is 11.6 Å². The van der Waals surface area contributed by atoms with Crippen molar-refractivity contribution in [2.24, 2.45) is 0 Å². The van der Waals surface area contributed by atoms with Gasteiger partial charge in [-0.2, -0.15) is 11.3 Å². The molecule has 0 fully saturated rings. The summed E-state index contributed by atoms with van der Waals surface area (Å²) in [5.74, 6) is -0.371. The molecule has 0 radical (unpaired) electrons. The molecule has 0 spiro atoms. The second-order valence-corrected chi connectivity index (χ2v) is 10.1. The molecule has 2 atom stereocenters. The number of thioether (sulfide) groups is 1. The van der Waals surface area contributed by atoms with Crippen LogP contribution in [0.5, 0.6) is 0 Å². The third-order valence-electron chi connectivity index (χ3n) is 5.24. The predicted molar refractivity (Wildman–Crippen MR) is 127 cm³/mol. The first-order chi connectivity index (χ1) is 14.9. The maximum atomic E-state index is 13.2. The zero-order valence-electron chi connectivity index (χ0n) is 17.5. The highest BCUT2D eigenvalue weighted by Gasteiger charge is 2.29. The number of amides is 1. The number of halogens is 1. The van der Waals surface area contributed by atoms with E-state index in [1.807, 2.05) is 42.0 Å². The smallest absolute Gasteiger partial charge is 0.257 e. The Kier molecular flexibility index (Phi) is 6.57. The van der Waals surface area contributed by atoms with Gasteiger partial charge in [-0.05, 0) is 54.4 Å². The maximum Gasteiger partial charge on any atom is 0.257 e. The van der Waals surface area contributed by atoms with Gasteiger partial charge >= 0.3 is 0 Å². The third kappa shape index (κ3) is 4.46. The number of methoxy groups -OCH3 is 1. The van der Waals surface area contributed by atoms with E-state index >= 15 is 0 Å². The Labute approximate surface area is 194 Å². The predicted octanol–water partition coefficient (Wildman–Crippen LogP) is 5.02. The van der Waals surface area contributed by atoms with Gasteiger partial charge < -0.3 is 14.6 Å². The number of fused-ring (bicyclic) bond motifs is 3. The van der Waals surface area contributed by atoms with Crippen LogP contribution in [0.2, 0.25) is 5.02 Å². The average molecular weight is 475 g/mol. The summed E-state index contributed by atoms with van der Waals surface area (Å²) < 4.78 is 7.16. The lowest BCUT2D eigenvalue weighted by Gasteiger charge is -2.21. The summed E-state index contributed by atoms with van der Waals surface area (Å²) in [7, 11) is 1.58. The molecule has 0 aliphatic carbocycles. The number of aromatic nitrogens is 1. The molecule has 1 amide bonds. The summed E-state index contributed by atoms with van der Waals surface area (Å²) >= 11 is 9.66. The molecule has 1 aliphatic heterocycles. The molecule has 1 N–H and O–H groups in total. The van der Waals surface area contributed by atoms with E-state index in [0.717, 1.165) is 22.0 Å². The van der Waals surface area contributed by atoms with Crippen LogP contribution >= 0.6 is 34.7 Å². The van der Waals surface area contributed by atoms with Crippen molar-refractivity contribution in [3.05, 3.63) is 78.9 Å². The number of ether oxygens (including phenoxy) is 1. The van der Waals surface area contributed by atoms with E-state index in [-0.39, 0.29) is 28.2 Å². The maximum absolute atomic E-state index is 13.2. The zero-order chi connectivity index (χ0) is 22.1. The van der Waals surface area contributed by atoms with Crippen molar-refractivity contribution in [2.75, 3.05) is 13.7 Å². The summed E-state index contributed by atoms with van der Waals surface area (Å²) in [5.41, 5.74) is 3.53. The van der Waals surface area contributed by atoms with Crippen LogP contribution in [0, 0.1) is 6.92 Å². The summed E-state index contributed by atoms with van der Waals surface area (Å²) in [4.78, 5) is 27.3.